The lowest BCUT2D eigenvalue weighted by molar-refractivity contribution is -0.130. The van der Waals surface area contributed by atoms with Crippen molar-refractivity contribution in [2.45, 2.75) is 44.8 Å². The molecule has 0 saturated carbocycles. The Morgan fingerprint density at radius 1 is 1.44 bits per heavy atom. The van der Waals surface area contributed by atoms with E-state index in [-0.39, 0.29) is 12.1 Å². The zero-order valence-electron chi connectivity index (χ0n) is 9.78. The first-order chi connectivity index (χ1) is 7.72. The number of hydrogen-bond donors (Lipinski definition) is 1. The fourth-order valence-electron chi connectivity index (χ4n) is 2.60. The number of carbonyl (C=O) groups is 1. The Morgan fingerprint density at radius 2 is 2.12 bits per heavy atom. The van der Waals surface area contributed by atoms with Crippen molar-refractivity contribution in [2.75, 3.05) is 18.1 Å². The monoisotopic (exact) mass is 244 g/mol. The first-order valence-corrected chi connectivity index (χ1v) is 7.60. The van der Waals surface area contributed by atoms with Crippen LogP contribution in [0.3, 0.4) is 0 Å². The van der Waals surface area contributed by atoms with Gasteiger partial charge >= 0.3 is 0 Å². The maximum absolute atomic E-state index is 11.8. The van der Waals surface area contributed by atoms with Crippen LogP contribution in [0.25, 0.3) is 0 Å². The second-order valence-corrected chi connectivity index (χ2v) is 6.26. The average Bonchev–Trinajstić information content (AvgIpc) is 2.62. The average molecular weight is 244 g/mol. The van der Waals surface area contributed by atoms with Gasteiger partial charge in [-0.2, -0.15) is 0 Å². The van der Waals surface area contributed by atoms with Crippen LogP contribution >= 0.6 is 0 Å². The lowest BCUT2D eigenvalue weighted by Gasteiger charge is -2.34. The molecule has 0 aromatic heterocycles. The van der Waals surface area contributed by atoms with Crippen molar-refractivity contribution in [2.24, 2.45) is 0 Å². The first kappa shape index (κ1) is 12.0. The number of nitrogens with one attached hydrogen (secondary N) is 1. The van der Waals surface area contributed by atoms with E-state index >= 15 is 0 Å². The molecule has 5 heteroatoms. The van der Waals surface area contributed by atoms with Crippen molar-refractivity contribution < 1.29 is 9.00 Å². The standard InChI is InChI=1S/C11H20N2O2S/c1-2-3-10-12-8-11(14)13(10)9-4-6-16(15)7-5-9/h9-10,12H,2-8H2,1H3. The minimum atomic E-state index is -0.646. The SMILES string of the molecule is CCCC1NCC(=O)N1C1CCS(=O)CC1. The van der Waals surface area contributed by atoms with Gasteiger partial charge < -0.3 is 4.90 Å². The molecule has 0 bridgehead atoms. The minimum Gasteiger partial charge on any atom is -0.323 e. The van der Waals surface area contributed by atoms with Crippen molar-refractivity contribution in [3.05, 3.63) is 0 Å². The smallest absolute Gasteiger partial charge is 0.238 e. The topological polar surface area (TPSA) is 49.4 Å². The van der Waals surface area contributed by atoms with E-state index in [0.29, 0.717) is 12.6 Å². The van der Waals surface area contributed by atoms with E-state index in [1.165, 1.54) is 0 Å². The van der Waals surface area contributed by atoms with Crippen LogP contribution in [0, 0.1) is 0 Å². The summed E-state index contributed by atoms with van der Waals surface area (Å²) in [6.07, 6.45) is 4.13. The van der Waals surface area contributed by atoms with E-state index in [0.717, 1.165) is 37.2 Å². The second kappa shape index (κ2) is 5.27. The molecule has 0 aliphatic carbocycles. The van der Waals surface area contributed by atoms with E-state index in [2.05, 4.69) is 12.2 Å². The maximum Gasteiger partial charge on any atom is 0.238 e. The van der Waals surface area contributed by atoms with Crippen molar-refractivity contribution in [3.8, 4) is 0 Å². The summed E-state index contributed by atoms with van der Waals surface area (Å²) in [4.78, 5) is 13.8. The fraction of sp³-hybridized carbons (Fsp3) is 0.909. The molecule has 1 N–H and O–H groups in total. The molecule has 2 aliphatic rings. The maximum atomic E-state index is 11.8. The van der Waals surface area contributed by atoms with Gasteiger partial charge in [0.05, 0.1) is 12.7 Å². The zero-order chi connectivity index (χ0) is 11.5. The predicted octanol–water partition coefficient (Wildman–Crippen LogP) is 0.455. The Hall–Kier alpha value is -0.420. The number of rotatable bonds is 3. The quantitative estimate of drug-likeness (QED) is 0.784. The summed E-state index contributed by atoms with van der Waals surface area (Å²) in [5, 5.41) is 3.27. The number of hydrogen-bond acceptors (Lipinski definition) is 3. The molecule has 92 valence electrons. The Kier molecular flexibility index (Phi) is 3.97. The molecular weight excluding hydrogens is 224 g/mol. The summed E-state index contributed by atoms with van der Waals surface area (Å²) < 4.78 is 11.3. The van der Waals surface area contributed by atoms with Gasteiger partial charge in [-0.25, -0.2) is 0 Å². The summed E-state index contributed by atoms with van der Waals surface area (Å²) in [5.74, 6) is 1.73. The number of carbonyl (C=O) groups excluding carboxylic acids is 1. The second-order valence-electron chi connectivity index (χ2n) is 4.57. The van der Waals surface area contributed by atoms with Gasteiger partial charge in [0.25, 0.3) is 0 Å². The van der Waals surface area contributed by atoms with Crippen LogP contribution in [0.4, 0.5) is 0 Å². The summed E-state index contributed by atoms with van der Waals surface area (Å²) >= 11 is 0. The number of amides is 1. The molecule has 0 radical (unpaired) electrons. The van der Waals surface area contributed by atoms with Crippen LogP contribution in [0.15, 0.2) is 0 Å². The fourth-order valence-corrected chi connectivity index (χ4v) is 3.87. The van der Waals surface area contributed by atoms with Crippen LogP contribution in [0.5, 0.6) is 0 Å². The molecule has 1 amide bonds. The highest BCUT2D eigenvalue weighted by Gasteiger charge is 2.36. The molecule has 1 unspecified atom stereocenters. The highest BCUT2D eigenvalue weighted by molar-refractivity contribution is 7.85. The highest BCUT2D eigenvalue weighted by atomic mass is 32.2. The lowest BCUT2D eigenvalue weighted by Crippen LogP contribution is -2.47. The van der Waals surface area contributed by atoms with E-state index in [9.17, 15) is 9.00 Å². The Morgan fingerprint density at radius 3 is 2.75 bits per heavy atom. The molecule has 2 aliphatic heterocycles. The Labute approximate surface area is 99.2 Å². The Bertz CT molecular complexity index is 286. The molecule has 4 nitrogen and oxygen atoms in total. The van der Waals surface area contributed by atoms with Gasteiger partial charge in [-0.05, 0) is 19.3 Å². The summed E-state index contributed by atoms with van der Waals surface area (Å²) in [6, 6.07) is 0.316. The van der Waals surface area contributed by atoms with E-state index in [1.54, 1.807) is 0 Å². The van der Waals surface area contributed by atoms with E-state index in [1.807, 2.05) is 4.90 Å². The van der Waals surface area contributed by atoms with Crippen molar-refractivity contribution in [1.29, 1.82) is 0 Å². The predicted molar refractivity (Wildman–Crippen MR) is 64.4 cm³/mol. The molecule has 2 rings (SSSR count). The van der Waals surface area contributed by atoms with Gasteiger partial charge in [-0.1, -0.05) is 13.3 Å². The molecule has 16 heavy (non-hydrogen) atoms. The normalized spacial score (nSPS) is 35.7. The van der Waals surface area contributed by atoms with Crippen molar-refractivity contribution in [3.63, 3.8) is 0 Å². The Balaban J connectivity index is 1.99. The van der Waals surface area contributed by atoms with Gasteiger partial charge in [-0.3, -0.25) is 14.3 Å². The van der Waals surface area contributed by atoms with Gasteiger partial charge in [0.1, 0.15) is 0 Å². The van der Waals surface area contributed by atoms with Gasteiger partial charge in [0, 0.05) is 28.3 Å². The minimum absolute atomic E-state index is 0.217. The molecule has 2 saturated heterocycles. The third-order valence-corrected chi connectivity index (χ3v) is 4.81. The zero-order valence-corrected chi connectivity index (χ0v) is 10.6. The largest absolute Gasteiger partial charge is 0.323 e. The van der Waals surface area contributed by atoms with Gasteiger partial charge in [-0.15, -0.1) is 0 Å². The molecule has 0 spiro atoms. The van der Waals surface area contributed by atoms with Crippen molar-refractivity contribution in [1.82, 2.24) is 10.2 Å². The van der Waals surface area contributed by atoms with Crippen LogP contribution < -0.4 is 5.32 Å². The summed E-state index contributed by atoms with van der Waals surface area (Å²) in [6.45, 7) is 2.61. The third-order valence-electron chi connectivity index (χ3n) is 3.43. The van der Waals surface area contributed by atoms with Crippen molar-refractivity contribution >= 4 is 16.7 Å². The molecule has 0 aromatic rings. The third kappa shape index (κ3) is 2.46. The molecule has 2 heterocycles. The van der Waals surface area contributed by atoms with E-state index in [4.69, 9.17) is 0 Å². The van der Waals surface area contributed by atoms with Crippen LogP contribution in [-0.2, 0) is 15.6 Å². The number of nitrogens with zero attached hydrogens (tertiary/aromatic N) is 1. The molecule has 0 aromatic carbocycles. The van der Waals surface area contributed by atoms with Crippen LogP contribution in [0.1, 0.15) is 32.6 Å². The molecule has 2 fully saturated rings. The van der Waals surface area contributed by atoms with Crippen LogP contribution in [-0.4, -0.2) is 45.3 Å². The highest BCUT2D eigenvalue weighted by Crippen LogP contribution is 2.22. The molecule has 1 atom stereocenters. The van der Waals surface area contributed by atoms with Crippen LogP contribution in [0.2, 0.25) is 0 Å². The summed E-state index contributed by atoms with van der Waals surface area (Å²) in [7, 11) is -0.646. The summed E-state index contributed by atoms with van der Waals surface area (Å²) in [5.41, 5.74) is 0. The lowest BCUT2D eigenvalue weighted by atomic mass is 10.1. The molecular formula is C11H20N2O2S. The van der Waals surface area contributed by atoms with E-state index < -0.39 is 10.8 Å². The van der Waals surface area contributed by atoms with Gasteiger partial charge in [0.2, 0.25) is 5.91 Å². The van der Waals surface area contributed by atoms with Gasteiger partial charge in [0.15, 0.2) is 0 Å². The first-order valence-electron chi connectivity index (χ1n) is 6.12.